The Morgan fingerprint density at radius 1 is 0.967 bits per heavy atom. The van der Waals surface area contributed by atoms with Crippen LogP contribution in [-0.2, 0) is 14.8 Å². The van der Waals surface area contributed by atoms with Gasteiger partial charge in [0, 0.05) is 11.4 Å². The number of hydrogen-bond donors (Lipinski definition) is 2. The fraction of sp³-hybridized carbons (Fsp3) is 0.136. The summed E-state index contributed by atoms with van der Waals surface area (Å²) in [6.45, 7) is 0. The van der Waals surface area contributed by atoms with Gasteiger partial charge in [0.05, 0.1) is 23.7 Å². The summed E-state index contributed by atoms with van der Waals surface area (Å²) in [5.74, 6) is 0.147. The van der Waals surface area contributed by atoms with Gasteiger partial charge in [0.15, 0.2) is 0 Å². The predicted molar refractivity (Wildman–Crippen MR) is 117 cm³/mol. The number of carbonyl (C=O) groups is 1. The molecule has 2 N–H and O–H groups in total. The molecule has 0 aliphatic rings. The molecule has 0 aliphatic carbocycles. The van der Waals surface area contributed by atoms with E-state index < -0.39 is 16.1 Å². The number of rotatable bonds is 8. The summed E-state index contributed by atoms with van der Waals surface area (Å²) >= 11 is 5.96. The van der Waals surface area contributed by atoms with Crippen LogP contribution in [0.4, 0.5) is 5.69 Å². The number of sulfonamides is 1. The highest BCUT2D eigenvalue weighted by molar-refractivity contribution is 7.89. The van der Waals surface area contributed by atoms with Crippen molar-refractivity contribution in [2.24, 2.45) is 0 Å². The lowest BCUT2D eigenvalue weighted by Crippen LogP contribution is -2.31. The number of para-hydroxylation sites is 2. The van der Waals surface area contributed by atoms with Gasteiger partial charge in [-0.05, 0) is 42.0 Å². The molecule has 1 unspecified atom stereocenters. The molecule has 0 saturated carbocycles. The Morgan fingerprint density at radius 2 is 1.60 bits per heavy atom. The van der Waals surface area contributed by atoms with Gasteiger partial charge in [0.2, 0.25) is 15.9 Å². The third-order valence-corrected chi connectivity index (χ3v) is 6.13. The van der Waals surface area contributed by atoms with Crippen molar-refractivity contribution < 1.29 is 17.9 Å². The van der Waals surface area contributed by atoms with Gasteiger partial charge in [0.1, 0.15) is 5.75 Å². The lowest BCUT2D eigenvalue weighted by Gasteiger charge is -2.20. The molecule has 0 saturated heterocycles. The molecule has 1 amide bonds. The molecule has 0 fully saturated rings. The minimum absolute atomic E-state index is 0.119. The fourth-order valence-electron chi connectivity index (χ4n) is 2.91. The Balaban J connectivity index is 1.84. The summed E-state index contributed by atoms with van der Waals surface area (Å²) in [6, 6.07) is 20.9. The Hall–Kier alpha value is -2.87. The predicted octanol–water partition coefficient (Wildman–Crippen LogP) is 4.40. The third-order valence-electron chi connectivity index (χ3n) is 4.39. The Morgan fingerprint density at radius 3 is 2.27 bits per heavy atom. The summed E-state index contributed by atoms with van der Waals surface area (Å²) in [4.78, 5) is 12.8. The molecule has 3 rings (SSSR count). The van der Waals surface area contributed by atoms with Gasteiger partial charge in [-0.15, -0.1) is 0 Å². The number of benzene rings is 3. The molecule has 0 aromatic heterocycles. The summed E-state index contributed by atoms with van der Waals surface area (Å²) in [5.41, 5.74) is 1.12. The molecule has 0 bridgehead atoms. The molecule has 1 atom stereocenters. The van der Waals surface area contributed by atoms with E-state index in [1.807, 2.05) is 0 Å². The maximum Gasteiger partial charge on any atom is 0.241 e. The first kappa shape index (κ1) is 21.8. The molecular weight excluding hydrogens is 424 g/mol. The standard InChI is InChI=1S/C22H21ClN2O4S/c1-29-21-10-6-5-9-19(21)24-22(26)15-20(16-11-13-17(23)14-12-16)25-30(27,28)18-7-3-2-4-8-18/h2-14,20,25H,15H2,1H3,(H,24,26). The second kappa shape index (κ2) is 9.75. The number of ether oxygens (including phenoxy) is 1. The minimum Gasteiger partial charge on any atom is -0.495 e. The van der Waals surface area contributed by atoms with Gasteiger partial charge in [-0.3, -0.25) is 4.79 Å². The van der Waals surface area contributed by atoms with Crippen LogP contribution in [0.1, 0.15) is 18.0 Å². The molecule has 0 radical (unpaired) electrons. The zero-order chi connectivity index (χ0) is 21.6. The molecular formula is C22H21ClN2O4S. The number of carbonyl (C=O) groups excluding carboxylic acids is 1. The number of hydrogen-bond acceptors (Lipinski definition) is 4. The molecule has 3 aromatic rings. The van der Waals surface area contributed by atoms with E-state index >= 15 is 0 Å². The van der Waals surface area contributed by atoms with Crippen LogP contribution in [0.3, 0.4) is 0 Å². The summed E-state index contributed by atoms with van der Waals surface area (Å²) in [7, 11) is -2.33. The van der Waals surface area contributed by atoms with Gasteiger partial charge in [-0.1, -0.05) is 54.1 Å². The third kappa shape index (κ3) is 5.60. The lowest BCUT2D eigenvalue weighted by atomic mass is 10.0. The van der Waals surface area contributed by atoms with Crippen molar-refractivity contribution in [1.82, 2.24) is 4.72 Å². The molecule has 6 nitrogen and oxygen atoms in total. The van der Waals surface area contributed by atoms with E-state index in [0.717, 1.165) is 0 Å². The highest BCUT2D eigenvalue weighted by Crippen LogP contribution is 2.26. The van der Waals surface area contributed by atoms with Crippen molar-refractivity contribution in [3.63, 3.8) is 0 Å². The average molecular weight is 445 g/mol. The first-order valence-electron chi connectivity index (χ1n) is 9.15. The van der Waals surface area contributed by atoms with E-state index in [9.17, 15) is 13.2 Å². The molecule has 8 heteroatoms. The van der Waals surface area contributed by atoms with Crippen molar-refractivity contribution in [3.05, 3.63) is 89.4 Å². The van der Waals surface area contributed by atoms with Gasteiger partial charge in [-0.25, -0.2) is 13.1 Å². The molecule has 3 aromatic carbocycles. The average Bonchev–Trinajstić information content (AvgIpc) is 2.74. The van der Waals surface area contributed by atoms with Crippen molar-refractivity contribution >= 4 is 33.2 Å². The first-order chi connectivity index (χ1) is 14.4. The van der Waals surface area contributed by atoms with Crippen LogP contribution < -0.4 is 14.8 Å². The Labute approximate surface area is 180 Å². The van der Waals surface area contributed by atoms with Crippen LogP contribution in [0.15, 0.2) is 83.8 Å². The summed E-state index contributed by atoms with van der Waals surface area (Å²) in [6.07, 6.45) is -0.119. The smallest absolute Gasteiger partial charge is 0.241 e. The largest absolute Gasteiger partial charge is 0.495 e. The van der Waals surface area contributed by atoms with E-state index in [0.29, 0.717) is 22.0 Å². The van der Waals surface area contributed by atoms with Crippen LogP contribution in [0.2, 0.25) is 5.02 Å². The maximum atomic E-state index is 12.8. The lowest BCUT2D eigenvalue weighted by molar-refractivity contribution is -0.116. The number of anilines is 1. The van der Waals surface area contributed by atoms with Gasteiger partial charge in [0.25, 0.3) is 0 Å². The number of amides is 1. The fourth-order valence-corrected chi connectivity index (χ4v) is 4.28. The van der Waals surface area contributed by atoms with E-state index in [1.54, 1.807) is 66.7 Å². The second-order valence-electron chi connectivity index (χ2n) is 6.49. The van der Waals surface area contributed by atoms with E-state index in [4.69, 9.17) is 16.3 Å². The van der Waals surface area contributed by atoms with Crippen LogP contribution in [0, 0.1) is 0 Å². The summed E-state index contributed by atoms with van der Waals surface area (Å²) < 4.78 is 33.5. The minimum atomic E-state index is -3.84. The van der Waals surface area contributed by atoms with Gasteiger partial charge in [-0.2, -0.15) is 0 Å². The van der Waals surface area contributed by atoms with Crippen LogP contribution in [0.5, 0.6) is 5.75 Å². The van der Waals surface area contributed by atoms with E-state index in [1.165, 1.54) is 19.2 Å². The normalized spacial score (nSPS) is 12.2. The first-order valence-corrected chi connectivity index (χ1v) is 11.0. The van der Waals surface area contributed by atoms with Crippen LogP contribution in [-0.4, -0.2) is 21.4 Å². The topological polar surface area (TPSA) is 84.5 Å². The molecule has 0 spiro atoms. The van der Waals surface area contributed by atoms with Crippen LogP contribution >= 0.6 is 11.6 Å². The van der Waals surface area contributed by atoms with Gasteiger partial charge < -0.3 is 10.1 Å². The van der Waals surface area contributed by atoms with Crippen molar-refractivity contribution in [3.8, 4) is 5.75 Å². The molecule has 30 heavy (non-hydrogen) atoms. The SMILES string of the molecule is COc1ccccc1NC(=O)CC(NS(=O)(=O)c1ccccc1)c1ccc(Cl)cc1. The zero-order valence-electron chi connectivity index (χ0n) is 16.2. The highest BCUT2D eigenvalue weighted by Gasteiger charge is 2.24. The monoisotopic (exact) mass is 444 g/mol. The van der Waals surface area contributed by atoms with Crippen molar-refractivity contribution in [2.45, 2.75) is 17.4 Å². The number of nitrogens with one attached hydrogen (secondary N) is 2. The Bertz CT molecular complexity index is 1100. The Kier molecular flexibility index (Phi) is 7.10. The zero-order valence-corrected chi connectivity index (χ0v) is 17.8. The van der Waals surface area contributed by atoms with Crippen molar-refractivity contribution in [2.75, 3.05) is 12.4 Å². The van der Waals surface area contributed by atoms with Crippen molar-refractivity contribution in [1.29, 1.82) is 0 Å². The van der Waals surface area contributed by atoms with Crippen LogP contribution in [0.25, 0.3) is 0 Å². The molecule has 0 aliphatic heterocycles. The summed E-state index contributed by atoms with van der Waals surface area (Å²) in [5, 5.41) is 3.29. The maximum absolute atomic E-state index is 12.8. The number of methoxy groups -OCH3 is 1. The molecule has 0 heterocycles. The number of halogens is 1. The van der Waals surface area contributed by atoms with E-state index in [2.05, 4.69) is 10.0 Å². The quantitative estimate of drug-likeness (QED) is 0.539. The highest BCUT2D eigenvalue weighted by atomic mass is 35.5. The van der Waals surface area contributed by atoms with E-state index in [-0.39, 0.29) is 17.2 Å². The molecule has 156 valence electrons. The van der Waals surface area contributed by atoms with Gasteiger partial charge >= 0.3 is 0 Å². The second-order valence-corrected chi connectivity index (χ2v) is 8.64.